The molecule has 0 atom stereocenters. The highest BCUT2D eigenvalue weighted by Gasteiger charge is 2.76. The van der Waals surface area contributed by atoms with E-state index in [4.69, 9.17) is 5.11 Å². The summed E-state index contributed by atoms with van der Waals surface area (Å²) in [4.78, 5) is 11.0. The molecule has 1 N–H and O–H groups in total. The molecular formula is C10H3F9O3. The molecule has 0 aromatic heterocycles. The summed E-state index contributed by atoms with van der Waals surface area (Å²) in [5, 5.41) is 8.61. The van der Waals surface area contributed by atoms with Crippen molar-refractivity contribution in [3.63, 3.8) is 0 Å². The second-order valence-electron chi connectivity index (χ2n) is 3.77. The van der Waals surface area contributed by atoms with Gasteiger partial charge >= 0.3 is 23.9 Å². The van der Waals surface area contributed by atoms with Crippen LogP contribution in [0.25, 0.3) is 0 Å². The van der Waals surface area contributed by atoms with Crippen LogP contribution in [0.2, 0.25) is 0 Å². The molecule has 0 radical (unpaired) electrons. The van der Waals surface area contributed by atoms with Gasteiger partial charge in [0.15, 0.2) is 17.4 Å². The zero-order chi connectivity index (χ0) is 17.5. The number of hydrogen-bond donors (Lipinski definition) is 1. The van der Waals surface area contributed by atoms with E-state index in [-0.39, 0.29) is 12.1 Å². The fraction of sp³-hybridized carbons (Fsp3) is 0.300. The van der Waals surface area contributed by atoms with Gasteiger partial charge in [-0.3, -0.25) is 0 Å². The predicted octanol–water partition coefficient (Wildman–Crippen LogP) is 2.86. The zero-order valence-corrected chi connectivity index (χ0v) is 9.82. The van der Waals surface area contributed by atoms with Crippen molar-refractivity contribution in [2.75, 3.05) is 0 Å². The van der Waals surface area contributed by atoms with Gasteiger partial charge in [-0.25, -0.2) is 13.6 Å². The van der Waals surface area contributed by atoms with Gasteiger partial charge in [0.05, 0.1) is 0 Å². The van der Waals surface area contributed by atoms with E-state index in [1.54, 1.807) is 0 Å². The minimum absolute atomic E-state index is 0.0683. The van der Waals surface area contributed by atoms with E-state index in [9.17, 15) is 44.3 Å². The number of carbonyl (C=O) groups excluding carboxylic acids is 1. The average Bonchev–Trinajstić information content (AvgIpc) is 2.35. The van der Waals surface area contributed by atoms with Crippen LogP contribution in [0.15, 0.2) is 12.1 Å². The van der Waals surface area contributed by atoms with Crippen LogP contribution in [-0.4, -0.2) is 29.0 Å². The smallest absolute Gasteiger partial charge is 0.421 e. The number of benzene rings is 1. The molecule has 0 aliphatic carbocycles. The molecule has 0 unspecified atom stereocenters. The van der Waals surface area contributed by atoms with Crippen LogP contribution in [0.5, 0.6) is 5.75 Å². The lowest BCUT2D eigenvalue weighted by molar-refractivity contribution is -0.354. The number of aliphatic hydroxyl groups is 1. The number of halogens is 9. The SMILES string of the molecule is O=C(Oc1ccc(F)c(F)c1F)C(O)(C(F)(F)F)C(F)(F)F. The van der Waals surface area contributed by atoms with Crippen molar-refractivity contribution in [2.45, 2.75) is 18.0 Å². The minimum Gasteiger partial charge on any atom is -0.421 e. The predicted molar refractivity (Wildman–Crippen MR) is 49.0 cm³/mol. The van der Waals surface area contributed by atoms with Crippen molar-refractivity contribution in [2.24, 2.45) is 0 Å². The van der Waals surface area contributed by atoms with E-state index in [1.165, 1.54) is 0 Å². The third kappa shape index (κ3) is 2.82. The fourth-order valence-electron chi connectivity index (χ4n) is 1.15. The van der Waals surface area contributed by atoms with Gasteiger partial charge in [-0.15, -0.1) is 0 Å². The van der Waals surface area contributed by atoms with E-state index < -0.39 is 47.1 Å². The molecule has 0 aliphatic rings. The Balaban J connectivity index is 3.28. The molecule has 22 heavy (non-hydrogen) atoms. The lowest BCUT2D eigenvalue weighted by Gasteiger charge is -2.29. The van der Waals surface area contributed by atoms with Gasteiger partial charge in [0.2, 0.25) is 5.82 Å². The largest absolute Gasteiger partial charge is 0.437 e. The summed E-state index contributed by atoms with van der Waals surface area (Å²) in [7, 11) is 0. The summed E-state index contributed by atoms with van der Waals surface area (Å²) >= 11 is 0. The van der Waals surface area contributed by atoms with Crippen LogP contribution in [0.3, 0.4) is 0 Å². The average molecular weight is 342 g/mol. The van der Waals surface area contributed by atoms with Gasteiger partial charge in [-0.05, 0) is 12.1 Å². The van der Waals surface area contributed by atoms with Crippen molar-refractivity contribution in [3.05, 3.63) is 29.6 Å². The van der Waals surface area contributed by atoms with E-state index in [0.29, 0.717) is 0 Å². The maximum atomic E-state index is 13.1. The Labute approximate surface area is 114 Å². The van der Waals surface area contributed by atoms with Crippen molar-refractivity contribution in [1.29, 1.82) is 0 Å². The molecule has 1 aromatic carbocycles. The minimum atomic E-state index is -6.56. The molecule has 0 saturated heterocycles. The van der Waals surface area contributed by atoms with Crippen LogP contribution in [0, 0.1) is 17.5 Å². The lowest BCUT2D eigenvalue weighted by Crippen LogP contribution is -2.63. The molecule has 12 heteroatoms. The van der Waals surface area contributed by atoms with E-state index in [2.05, 4.69) is 4.74 Å². The maximum Gasteiger partial charge on any atom is 0.437 e. The van der Waals surface area contributed by atoms with E-state index >= 15 is 0 Å². The highest BCUT2D eigenvalue weighted by atomic mass is 19.4. The van der Waals surface area contributed by atoms with Crippen LogP contribution in [0.1, 0.15) is 0 Å². The van der Waals surface area contributed by atoms with Crippen molar-refractivity contribution in [3.8, 4) is 5.75 Å². The first-order chi connectivity index (χ1) is 9.73. The molecule has 0 heterocycles. The van der Waals surface area contributed by atoms with E-state index in [1.807, 2.05) is 0 Å². The Hall–Kier alpha value is -1.98. The Bertz CT molecular complexity index is 577. The van der Waals surface area contributed by atoms with Gasteiger partial charge in [0, 0.05) is 0 Å². The molecule has 0 fully saturated rings. The summed E-state index contributed by atoms with van der Waals surface area (Å²) in [6, 6.07) is 0.153. The van der Waals surface area contributed by atoms with Gasteiger partial charge in [-0.2, -0.15) is 30.7 Å². The zero-order valence-electron chi connectivity index (χ0n) is 9.82. The maximum absolute atomic E-state index is 13.1. The first kappa shape index (κ1) is 18.1. The van der Waals surface area contributed by atoms with Gasteiger partial charge < -0.3 is 9.84 Å². The number of alkyl halides is 6. The van der Waals surface area contributed by atoms with Crippen molar-refractivity contribution < 1.29 is 54.2 Å². The molecular weight excluding hydrogens is 339 g/mol. The monoisotopic (exact) mass is 342 g/mol. The van der Waals surface area contributed by atoms with Crippen molar-refractivity contribution in [1.82, 2.24) is 0 Å². The quantitative estimate of drug-likeness (QED) is 0.389. The summed E-state index contributed by atoms with van der Waals surface area (Å²) in [6.45, 7) is 0. The summed E-state index contributed by atoms with van der Waals surface area (Å²) in [5.41, 5.74) is -5.97. The van der Waals surface area contributed by atoms with Gasteiger partial charge in [0.1, 0.15) is 0 Å². The molecule has 3 nitrogen and oxygen atoms in total. The second kappa shape index (κ2) is 5.34. The number of esters is 1. The Morgan fingerprint density at radius 2 is 1.36 bits per heavy atom. The molecule has 0 bridgehead atoms. The Morgan fingerprint density at radius 1 is 0.909 bits per heavy atom. The lowest BCUT2D eigenvalue weighted by atomic mass is 10.0. The number of rotatable bonds is 2. The summed E-state index contributed by atoms with van der Waals surface area (Å²) in [6.07, 6.45) is -13.1. The molecule has 0 aliphatic heterocycles. The molecule has 1 aromatic rings. The topological polar surface area (TPSA) is 46.5 Å². The first-order valence-electron chi connectivity index (χ1n) is 4.95. The van der Waals surface area contributed by atoms with Crippen molar-refractivity contribution >= 4 is 5.97 Å². The summed E-state index contributed by atoms with van der Waals surface area (Å²) in [5.74, 6) is -11.6. The van der Waals surface area contributed by atoms with E-state index in [0.717, 1.165) is 0 Å². The fourth-order valence-corrected chi connectivity index (χ4v) is 1.15. The molecule has 124 valence electrons. The molecule has 0 amide bonds. The standard InChI is InChI=1S/C10H3F9O3/c11-3-1-2-4(6(13)5(3)12)22-7(20)8(21,9(14,15)16)10(17,18)19/h1-2,21H. The van der Waals surface area contributed by atoms with Crippen LogP contribution >= 0.6 is 0 Å². The highest BCUT2D eigenvalue weighted by Crippen LogP contribution is 2.44. The Morgan fingerprint density at radius 3 is 1.77 bits per heavy atom. The summed E-state index contributed by atoms with van der Waals surface area (Å²) < 4.78 is 116. The normalized spacial score (nSPS) is 13.2. The second-order valence-corrected chi connectivity index (χ2v) is 3.77. The van der Waals surface area contributed by atoms with Crippen LogP contribution in [-0.2, 0) is 4.79 Å². The molecule has 0 saturated carbocycles. The highest BCUT2D eigenvalue weighted by molar-refractivity contribution is 5.83. The molecule has 1 rings (SSSR count). The molecule has 0 spiro atoms. The first-order valence-corrected chi connectivity index (χ1v) is 4.95. The number of ether oxygens (including phenoxy) is 1. The van der Waals surface area contributed by atoms with Crippen LogP contribution < -0.4 is 4.74 Å². The third-order valence-electron chi connectivity index (χ3n) is 2.32. The Kier molecular flexibility index (Phi) is 4.38. The van der Waals surface area contributed by atoms with Gasteiger partial charge in [0.25, 0.3) is 0 Å². The third-order valence-corrected chi connectivity index (χ3v) is 2.32. The van der Waals surface area contributed by atoms with Gasteiger partial charge in [-0.1, -0.05) is 0 Å². The number of hydrogen-bond acceptors (Lipinski definition) is 3. The van der Waals surface area contributed by atoms with Crippen LogP contribution in [0.4, 0.5) is 39.5 Å². The number of carbonyl (C=O) groups is 1.